The predicted octanol–water partition coefficient (Wildman–Crippen LogP) is 3.58. The summed E-state index contributed by atoms with van der Waals surface area (Å²) in [6, 6.07) is 10.1. The first kappa shape index (κ1) is 22.4. The first-order chi connectivity index (χ1) is 16.5. The molecule has 0 spiro atoms. The molecule has 3 aromatic rings. The van der Waals surface area contributed by atoms with Gasteiger partial charge >= 0.3 is 0 Å². The normalized spacial score (nSPS) is 17.0. The van der Waals surface area contributed by atoms with E-state index in [9.17, 15) is 4.79 Å². The summed E-state index contributed by atoms with van der Waals surface area (Å²) in [4.78, 5) is 31.8. The lowest BCUT2D eigenvalue weighted by Gasteiger charge is -2.32. The minimum Gasteiger partial charge on any atom is -0.310 e. The lowest BCUT2D eigenvalue weighted by atomic mass is 9.93. The molecule has 1 amide bonds. The third-order valence-corrected chi connectivity index (χ3v) is 6.67. The van der Waals surface area contributed by atoms with Gasteiger partial charge in [-0.3, -0.25) is 19.7 Å². The van der Waals surface area contributed by atoms with Crippen LogP contribution in [0, 0.1) is 13.8 Å². The number of aliphatic imine (C=N–C) groups is 1. The van der Waals surface area contributed by atoms with Crippen molar-refractivity contribution in [2.75, 3.05) is 39.8 Å². The van der Waals surface area contributed by atoms with Crippen molar-refractivity contribution in [3.05, 3.63) is 71.2 Å². The van der Waals surface area contributed by atoms with Crippen LogP contribution in [0.2, 0.25) is 0 Å². The zero-order chi connectivity index (χ0) is 23.7. The predicted molar refractivity (Wildman–Crippen MR) is 136 cm³/mol. The summed E-state index contributed by atoms with van der Waals surface area (Å²) in [7, 11) is 2.15. The Kier molecular flexibility index (Phi) is 6.22. The molecule has 1 N–H and O–H groups in total. The van der Waals surface area contributed by atoms with Gasteiger partial charge in [-0.1, -0.05) is 30.3 Å². The van der Waals surface area contributed by atoms with E-state index in [1.165, 1.54) is 11.1 Å². The van der Waals surface area contributed by atoms with Crippen LogP contribution in [0.25, 0.3) is 22.2 Å². The monoisotopic (exact) mass is 454 g/mol. The van der Waals surface area contributed by atoms with Gasteiger partial charge in [-0.15, -0.1) is 0 Å². The second-order valence-corrected chi connectivity index (χ2v) is 9.17. The number of piperazine rings is 1. The molecule has 0 atom stereocenters. The second-order valence-electron chi connectivity index (χ2n) is 9.17. The van der Waals surface area contributed by atoms with E-state index in [4.69, 9.17) is 0 Å². The van der Waals surface area contributed by atoms with Gasteiger partial charge in [0, 0.05) is 57.1 Å². The molecule has 7 nitrogen and oxygen atoms in total. The van der Waals surface area contributed by atoms with E-state index in [0.717, 1.165) is 55.1 Å². The number of hydrogen-bond acceptors (Lipinski definition) is 6. The summed E-state index contributed by atoms with van der Waals surface area (Å²) in [6.45, 7) is 9.25. The van der Waals surface area contributed by atoms with Crippen LogP contribution < -0.4 is 5.32 Å². The number of aryl methyl sites for hydroxylation is 2. The lowest BCUT2D eigenvalue weighted by Crippen LogP contribution is -2.44. The molecule has 2 aliphatic heterocycles. The SMILES string of the molecule is Cc1cccc(C)c1-c1ccc(C(=O)NC2=NC(CN3CCN(C)CC3)=CC2)c2nccnc12. The molecule has 34 heavy (non-hydrogen) atoms. The Hall–Kier alpha value is -3.42. The third-order valence-electron chi connectivity index (χ3n) is 6.67. The Balaban J connectivity index is 1.37. The van der Waals surface area contributed by atoms with Crippen molar-refractivity contribution >= 4 is 22.8 Å². The summed E-state index contributed by atoms with van der Waals surface area (Å²) in [5, 5.41) is 3.01. The van der Waals surface area contributed by atoms with Gasteiger partial charge in [0.25, 0.3) is 5.91 Å². The number of fused-ring (bicyclic) bond motifs is 1. The molecule has 2 aromatic carbocycles. The van der Waals surface area contributed by atoms with Gasteiger partial charge in [0.05, 0.1) is 16.8 Å². The fraction of sp³-hybridized carbons (Fsp3) is 0.333. The molecule has 1 aromatic heterocycles. The van der Waals surface area contributed by atoms with Crippen molar-refractivity contribution in [2.24, 2.45) is 4.99 Å². The summed E-state index contributed by atoms with van der Waals surface area (Å²) >= 11 is 0. The van der Waals surface area contributed by atoms with Crippen molar-refractivity contribution in [1.29, 1.82) is 0 Å². The summed E-state index contributed by atoms with van der Waals surface area (Å²) in [6.07, 6.45) is 6.06. The Morgan fingerprint density at radius 2 is 1.68 bits per heavy atom. The molecular formula is C27H30N6O. The first-order valence-electron chi connectivity index (χ1n) is 11.8. The highest BCUT2D eigenvalue weighted by molar-refractivity contribution is 6.14. The van der Waals surface area contributed by atoms with Crippen molar-refractivity contribution in [2.45, 2.75) is 20.3 Å². The van der Waals surface area contributed by atoms with Crippen molar-refractivity contribution in [3.63, 3.8) is 0 Å². The molecule has 1 saturated heterocycles. The highest BCUT2D eigenvalue weighted by Gasteiger charge is 2.21. The number of hydrogen-bond donors (Lipinski definition) is 1. The minimum absolute atomic E-state index is 0.202. The number of amides is 1. The van der Waals surface area contributed by atoms with Gasteiger partial charge in [-0.05, 0) is 43.7 Å². The van der Waals surface area contributed by atoms with Gasteiger partial charge in [0.1, 0.15) is 11.4 Å². The molecule has 0 unspecified atom stereocenters. The van der Waals surface area contributed by atoms with Crippen LogP contribution in [0.4, 0.5) is 0 Å². The minimum atomic E-state index is -0.202. The van der Waals surface area contributed by atoms with Crippen LogP contribution in [-0.4, -0.2) is 71.3 Å². The van der Waals surface area contributed by atoms with E-state index < -0.39 is 0 Å². The van der Waals surface area contributed by atoms with E-state index in [1.54, 1.807) is 12.4 Å². The quantitative estimate of drug-likeness (QED) is 0.652. The number of carbonyl (C=O) groups is 1. The van der Waals surface area contributed by atoms with E-state index in [0.29, 0.717) is 23.3 Å². The molecule has 3 heterocycles. The van der Waals surface area contributed by atoms with Crippen LogP contribution in [0.5, 0.6) is 0 Å². The van der Waals surface area contributed by atoms with E-state index in [2.05, 4.69) is 75.2 Å². The highest BCUT2D eigenvalue weighted by Crippen LogP contribution is 2.33. The molecule has 2 aliphatic rings. The number of aromatic nitrogens is 2. The van der Waals surface area contributed by atoms with Gasteiger partial charge in [-0.25, -0.2) is 4.99 Å². The number of benzene rings is 2. The smallest absolute Gasteiger partial charge is 0.258 e. The van der Waals surface area contributed by atoms with Crippen LogP contribution in [0.3, 0.4) is 0 Å². The zero-order valence-electron chi connectivity index (χ0n) is 20.0. The van der Waals surface area contributed by atoms with Gasteiger partial charge in [0.15, 0.2) is 0 Å². The van der Waals surface area contributed by atoms with Gasteiger partial charge < -0.3 is 10.2 Å². The van der Waals surface area contributed by atoms with E-state index in [1.807, 2.05) is 12.1 Å². The first-order valence-corrected chi connectivity index (χ1v) is 11.8. The fourth-order valence-electron chi connectivity index (χ4n) is 4.77. The molecule has 1 fully saturated rings. The van der Waals surface area contributed by atoms with Gasteiger partial charge in [-0.2, -0.15) is 0 Å². The average Bonchev–Trinajstić information content (AvgIpc) is 3.27. The molecule has 7 heteroatoms. The maximum atomic E-state index is 13.2. The molecule has 0 saturated carbocycles. The molecule has 0 bridgehead atoms. The van der Waals surface area contributed by atoms with Crippen molar-refractivity contribution < 1.29 is 4.79 Å². The highest BCUT2D eigenvalue weighted by atomic mass is 16.1. The fourth-order valence-corrected chi connectivity index (χ4v) is 4.77. The lowest BCUT2D eigenvalue weighted by molar-refractivity contribution is 0.0978. The summed E-state index contributed by atoms with van der Waals surface area (Å²) < 4.78 is 0. The standard InChI is InChI=1S/C27H30N6O/c1-18-5-4-6-19(2)24(18)21-8-9-22(26-25(21)28-11-12-29-26)27(34)31-23-10-7-20(30-23)17-33-15-13-32(3)14-16-33/h4-9,11-12H,10,13-17H2,1-3H3,(H,30,31,34). The zero-order valence-corrected chi connectivity index (χ0v) is 20.0. The average molecular weight is 455 g/mol. The largest absolute Gasteiger partial charge is 0.310 e. The molecule has 5 rings (SSSR count). The van der Waals surface area contributed by atoms with Crippen LogP contribution in [-0.2, 0) is 0 Å². The number of likely N-dealkylation sites (N-methyl/N-ethyl adjacent to an activating group) is 1. The number of nitrogens with one attached hydrogen (secondary N) is 1. The number of nitrogens with zero attached hydrogens (tertiary/aromatic N) is 5. The molecular weight excluding hydrogens is 424 g/mol. The number of carbonyl (C=O) groups excluding carboxylic acids is 1. The van der Waals surface area contributed by atoms with E-state index >= 15 is 0 Å². The maximum absolute atomic E-state index is 13.2. The topological polar surface area (TPSA) is 73.7 Å². The van der Waals surface area contributed by atoms with Crippen LogP contribution in [0.1, 0.15) is 27.9 Å². The Bertz CT molecular complexity index is 1280. The molecule has 0 aliphatic carbocycles. The third kappa shape index (κ3) is 4.49. The van der Waals surface area contributed by atoms with E-state index in [-0.39, 0.29) is 5.91 Å². The van der Waals surface area contributed by atoms with Crippen molar-refractivity contribution in [1.82, 2.24) is 25.1 Å². The second kappa shape index (κ2) is 9.44. The van der Waals surface area contributed by atoms with Gasteiger partial charge in [0.2, 0.25) is 0 Å². The Labute approximate surface area is 200 Å². The summed E-state index contributed by atoms with van der Waals surface area (Å²) in [5.74, 6) is 0.483. The maximum Gasteiger partial charge on any atom is 0.258 e. The van der Waals surface area contributed by atoms with Crippen LogP contribution >= 0.6 is 0 Å². The molecule has 174 valence electrons. The Morgan fingerprint density at radius 3 is 2.41 bits per heavy atom. The number of rotatable bonds is 4. The van der Waals surface area contributed by atoms with Crippen LogP contribution in [0.15, 0.2) is 59.5 Å². The van der Waals surface area contributed by atoms with Crippen molar-refractivity contribution in [3.8, 4) is 11.1 Å². The number of amidine groups is 1. The Morgan fingerprint density at radius 1 is 0.971 bits per heavy atom. The summed E-state index contributed by atoms with van der Waals surface area (Å²) in [5.41, 5.74) is 7.33. The molecule has 0 radical (unpaired) electrons.